The number of hydrogen-bond acceptors (Lipinski definition) is 6. The molecule has 0 bridgehead atoms. The largest absolute Gasteiger partial charge is 0.478 e. The van der Waals surface area contributed by atoms with Gasteiger partial charge in [-0.3, -0.25) is 14.5 Å². The molecule has 0 spiro atoms. The number of hydrogen-bond donors (Lipinski definition) is 3. The van der Waals surface area contributed by atoms with Crippen molar-refractivity contribution in [3.05, 3.63) is 53.6 Å². The van der Waals surface area contributed by atoms with Crippen molar-refractivity contribution in [3.63, 3.8) is 0 Å². The van der Waals surface area contributed by atoms with Gasteiger partial charge in [-0.05, 0) is 37.3 Å². The number of carbonyl (C=O) groups is 3. The highest BCUT2D eigenvalue weighted by Crippen LogP contribution is 2.24. The van der Waals surface area contributed by atoms with Gasteiger partial charge in [-0.15, -0.1) is 0 Å². The van der Waals surface area contributed by atoms with Gasteiger partial charge in [0.05, 0.1) is 17.8 Å². The number of carboxylic acids is 1. The third-order valence-electron chi connectivity index (χ3n) is 5.22. The summed E-state index contributed by atoms with van der Waals surface area (Å²) in [7, 11) is 1.40. The van der Waals surface area contributed by atoms with Crippen molar-refractivity contribution in [1.29, 1.82) is 0 Å². The van der Waals surface area contributed by atoms with Gasteiger partial charge < -0.3 is 25.4 Å². The third kappa shape index (κ3) is 6.29. The molecule has 32 heavy (non-hydrogen) atoms. The van der Waals surface area contributed by atoms with Crippen molar-refractivity contribution < 1.29 is 24.2 Å². The van der Waals surface area contributed by atoms with E-state index in [1.807, 2.05) is 31.2 Å². The zero-order chi connectivity index (χ0) is 23.1. The number of aromatic carboxylic acids is 1. The number of carbonyl (C=O) groups excluding carboxylic acids is 2. The fourth-order valence-electron chi connectivity index (χ4n) is 3.54. The van der Waals surface area contributed by atoms with Gasteiger partial charge in [0.15, 0.2) is 0 Å². The molecule has 3 N–H and O–H groups in total. The highest BCUT2D eigenvalue weighted by Gasteiger charge is 2.21. The fourth-order valence-corrected chi connectivity index (χ4v) is 3.54. The first kappa shape index (κ1) is 23.2. The van der Waals surface area contributed by atoms with E-state index >= 15 is 0 Å². The van der Waals surface area contributed by atoms with E-state index in [9.17, 15) is 19.5 Å². The average Bonchev–Trinajstić information content (AvgIpc) is 2.76. The molecule has 0 unspecified atom stereocenters. The molecule has 170 valence electrons. The van der Waals surface area contributed by atoms with E-state index in [0.29, 0.717) is 32.7 Å². The standard InChI is InChI=1S/C23H28N4O5/c1-16-3-5-17(6-4-16)24-21(28)14-26-9-11-27(12-10-26)18-7-8-20(19(13-18)23(30)31)25-22(29)15-32-2/h3-8,13H,9-12,14-15H2,1-2H3,(H,24,28)(H,25,29)(H,30,31). The Hall–Kier alpha value is -3.43. The van der Waals surface area contributed by atoms with Crippen LogP contribution in [0.15, 0.2) is 42.5 Å². The Bertz CT molecular complexity index is 969. The van der Waals surface area contributed by atoms with Gasteiger partial charge in [-0.1, -0.05) is 17.7 Å². The van der Waals surface area contributed by atoms with Crippen molar-refractivity contribution >= 4 is 34.8 Å². The molecule has 0 aliphatic carbocycles. The number of amides is 2. The summed E-state index contributed by atoms with van der Waals surface area (Å²) in [5.74, 6) is -1.60. The number of carboxylic acid groups (broad SMARTS) is 1. The van der Waals surface area contributed by atoms with Crippen LogP contribution >= 0.6 is 0 Å². The fraction of sp³-hybridized carbons (Fsp3) is 0.348. The summed E-state index contributed by atoms with van der Waals surface area (Å²) in [6.45, 7) is 4.81. The maximum atomic E-state index is 12.3. The molecule has 2 aromatic carbocycles. The van der Waals surface area contributed by atoms with Crippen LogP contribution in [0.5, 0.6) is 0 Å². The lowest BCUT2D eigenvalue weighted by Crippen LogP contribution is -2.48. The molecule has 1 heterocycles. The number of nitrogens with zero attached hydrogens (tertiary/aromatic N) is 2. The maximum absolute atomic E-state index is 12.3. The molecule has 1 fully saturated rings. The van der Waals surface area contributed by atoms with Gasteiger partial charge in [0.1, 0.15) is 6.61 Å². The molecule has 9 nitrogen and oxygen atoms in total. The summed E-state index contributed by atoms with van der Waals surface area (Å²) < 4.78 is 4.77. The molecule has 2 aromatic rings. The normalized spacial score (nSPS) is 14.1. The lowest BCUT2D eigenvalue weighted by molar-refractivity contribution is -0.119. The smallest absolute Gasteiger partial charge is 0.337 e. The van der Waals surface area contributed by atoms with Gasteiger partial charge in [-0.25, -0.2) is 4.79 Å². The van der Waals surface area contributed by atoms with Crippen LogP contribution in [-0.4, -0.2) is 74.2 Å². The van der Waals surface area contributed by atoms with E-state index in [1.54, 1.807) is 18.2 Å². The van der Waals surface area contributed by atoms with Crippen LogP contribution in [0.25, 0.3) is 0 Å². The first-order valence-corrected chi connectivity index (χ1v) is 10.4. The Morgan fingerprint density at radius 3 is 2.28 bits per heavy atom. The van der Waals surface area contributed by atoms with Crippen LogP contribution < -0.4 is 15.5 Å². The molecular formula is C23H28N4O5. The number of anilines is 3. The highest BCUT2D eigenvalue weighted by molar-refractivity contribution is 6.01. The van der Waals surface area contributed by atoms with Crippen molar-refractivity contribution in [2.75, 3.05) is 62.0 Å². The SMILES string of the molecule is COCC(=O)Nc1ccc(N2CCN(CC(=O)Nc3ccc(C)cc3)CC2)cc1C(=O)O. The second-order valence-electron chi connectivity index (χ2n) is 7.69. The van der Waals surface area contributed by atoms with Crippen LogP contribution in [0.4, 0.5) is 17.1 Å². The van der Waals surface area contributed by atoms with E-state index in [1.165, 1.54) is 7.11 Å². The molecule has 0 atom stereocenters. The maximum Gasteiger partial charge on any atom is 0.337 e. The van der Waals surface area contributed by atoms with Gasteiger partial charge in [-0.2, -0.15) is 0 Å². The first-order valence-electron chi connectivity index (χ1n) is 10.4. The van der Waals surface area contributed by atoms with Gasteiger partial charge in [0.25, 0.3) is 0 Å². The van der Waals surface area contributed by atoms with Crippen LogP contribution in [0, 0.1) is 6.92 Å². The van der Waals surface area contributed by atoms with Gasteiger partial charge in [0.2, 0.25) is 11.8 Å². The van der Waals surface area contributed by atoms with Crippen LogP contribution in [-0.2, 0) is 14.3 Å². The molecule has 1 aliphatic heterocycles. The van der Waals surface area contributed by atoms with E-state index in [2.05, 4.69) is 20.4 Å². The van der Waals surface area contributed by atoms with Crippen LogP contribution in [0.1, 0.15) is 15.9 Å². The predicted octanol–water partition coefficient (Wildman–Crippen LogP) is 2.04. The predicted molar refractivity (Wildman–Crippen MR) is 122 cm³/mol. The number of piperazine rings is 1. The van der Waals surface area contributed by atoms with Crippen molar-refractivity contribution in [2.24, 2.45) is 0 Å². The first-order chi connectivity index (χ1) is 15.4. The van der Waals surface area contributed by atoms with Gasteiger partial charge >= 0.3 is 5.97 Å². The topological polar surface area (TPSA) is 111 Å². The van der Waals surface area contributed by atoms with Crippen molar-refractivity contribution in [1.82, 2.24) is 4.90 Å². The number of nitrogens with one attached hydrogen (secondary N) is 2. The van der Waals surface area contributed by atoms with Gasteiger partial charge in [0, 0.05) is 44.7 Å². The average molecular weight is 441 g/mol. The zero-order valence-corrected chi connectivity index (χ0v) is 18.3. The molecule has 2 amide bonds. The number of aryl methyl sites for hydroxylation is 1. The quantitative estimate of drug-likeness (QED) is 0.576. The molecule has 9 heteroatoms. The highest BCUT2D eigenvalue weighted by atomic mass is 16.5. The number of rotatable bonds is 8. The van der Waals surface area contributed by atoms with Crippen molar-refractivity contribution in [2.45, 2.75) is 6.92 Å². The number of methoxy groups -OCH3 is 1. The molecular weight excluding hydrogens is 412 g/mol. The van der Waals surface area contributed by atoms with Crippen LogP contribution in [0.3, 0.4) is 0 Å². The minimum Gasteiger partial charge on any atom is -0.478 e. The zero-order valence-electron chi connectivity index (χ0n) is 18.3. The van der Waals surface area contributed by atoms with E-state index < -0.39 is 11.9 Å². The van der Waals surface area contributed by atoms with Crippen molar-refractivity contribution in [3.8, 4) is 0 Å². The van der Waals surface area contributed by atoms with E-state index in [-0.39, 0.29) is 23.8 Å². The monoisotopic (exact) mass is 440 g/mol. The number of ether oxygens (including phenoxy) is 1. The molecule has 3 rings (SSSR count). The summed E-state index contributed by atoms with van der Waals surface area (Å²) in [4.78, 5) is 39.9. The number of benzene rings is 2. The molecule has 1 aliphatic rings. The molecule has 1 saturated heterocycles. The lowest BCUT2D eigenvalue weighted by Gasteiger charge is -2.36. The second-order valence-corrected chi connectivity index (χ2v) is 7.69. The van der Waals surface area contributed by atoms with Crippen LogP contribution in [0.2, 0.25) is 0 Å². The summed E-state index contributed by atoms with van der Waals surface area (Å²) in [6, 6.07) is 12.6. The Morgan fingerprint density at radius 2 is 1.66 bits per heavy atom. The molecule has 0 radical (unpaired) electrons. The van der Waals surface area contributed by atoms with E-state index in [4.69, 9.17) is 4.74 Å². The van der Waals surface area contributed by atoms with E-state index in [0.717, 1.165) is 16.9 Å². The Labute approximate surface area is 187 Å². The Kier molecular flexibility index (Phi) is 7.80. The third-order valence-corrected chi connectivity index (χ3v) is 5.22. The minimum absolute atomic E-state index is 0.0202. The summed E-state index contributed by atoms with van der Waals surface area (Å²) in [5, 5.41) is 15.0. The molecule has 0 aromatic heterocycles. The summed E-state index contributed by atoms with van der Waals surface area (Å²) in [5.41, 5.74) is 2.92. The lowest BCUT2D eigenvalue weighted by atomic mass is 10.1. The Morgan fingerprint density at radius 1 is 0.969 bits per heavy atom. The molecule has 0 saturated carbocycles. The minimum atomic E-state index is -1.12. The Balaban J connectivity index is 1.56. The summed E-state index contributed by atoms with van der Waals surface area (Å²) >= 11 is 0. The second kappa shape index (κ2) is 10.7. The summed E-state index contributed by atoms with van der Waals surface area (Å²) in [6.07, 6.45) is 0.